The van der Waals surface area contributed by atoms with Crippen LogP contribution in [0.5, 0.6) is 5.75 Å². The van der Waals surface area contributed by atoms with Gasteiger partial charge in [0.05, 0.1) is 17.9 Å². The number of thioether (sulfide) groups is 1. The van der Waals surface area contributed by atoms with Gasteiger partial charge in [-0.3, -0.25) is 9.36 Å². The number of para-hydroxylation sites is 1. The Morgan fingerprint density at radius 1 is 1.38 bits per heavy atom. The van der Waals surface area contributed by atoms with Crippen LogP contribution >= 0.6 is 11.8 Å². The van der Waals surface area contributed by atoms with Gasteiger partial charge in [-0.2, -0.15) is 0 Å². The smallest absolute Gasteiger partial charge is 0.233 e. The number of rotatable bonds is 8. The summed E-state index contributed by atoms with van der Waals surface area (Å²) >= 11 is 1.43. The third kappa shape index (κ3) is 5.01. The molecule has 2 aromatic rings. The SMILES string of the molecule is C=CCn1c(SC(C)C(=O)NC2CCCCC2C)nnc1-c1ccccc1OC. The number of carbonyl (C=O) groups excluding carboxylic acids is 1. The summed E-state index contributed by atoms with van der Waals surface area (Å²) < 4.78 is 7.45. The van der Waals surface area contributed by atoms with Gasteiger partial charge in [0, 0.05) is 12.6 Å². The van der Waals surface area contributed by atoms with Crippen molar-refractivity contribution < 1.29 is 9.53 Å². The fraction of sp³-hybridized carbons (Fsp3) is 0.500. The Labute approximate surface area is 177 Å². The number of benzene rings is 1. The molecule has 1 saturated carbocycles. The van der Waals surface area contributed by atoms with Gasteiger partial charge in [0.25, 0.3) is 0 Å². The Morgan fingerprint density at radius 2 is 2.14 bits per heavy atom. The summed E-state index contributed by atoms with van der Waals surface area (Å²) in [6.45, 7) is 8.55. The molecular weight excluding hydrogens is 384 g/mol. The normalized spacial score (nSPS) is 20.1. The van der Waals surface area contributed by atoms with Gasteiger partial charge in [0.2, 0.25) is 5.91 Å². The first-order valence-electron chi connectivity index (χ1n) is 10.2. The van der Waals surface area contributed by atoms with Gasteiger partial charge in [0.15, 0.2) is 11.0 Å². The van der Waals surface area contributed by atoms with Crippen LogP contribution < -0.4 is 10.1 Å². The van der Waals surface area contributed by atoms with Gasteiger partial charge in [-0.15, -0.1) is 16.8 Å². The van der Waals surface area contributed by atoms with Crippen LogP contribution in [-0.4, -0.2) is 39.1 Å². The van der Waals surface area contributed by atoms with E-state index in [9.17, 15) is 4.79 Å². The lowest BCUT2D eigenvalue weighted by Crippen LogP contribution is -2.44. The molecule has 0 spiro atoms. The summed E-state index contributed by atoms with van der Waals surface area (Å²) in [5, 5.41) is 12.4. The molecule has 0 aliphatic heterocycles. The zero-order valence-corrected chi connectivity index (χ0v) is 18.2. The Bertz CT molecular complexity index is 851. The van der Waals surface area contributed by atoms with Crippen LogP contribution in [0.25, 0.3) is 11.4 Å². The molecule has 0 radical (unpaired) electrons. The maximum absolute atomic E-state index is 12.8. The zero-order chi connectivity index (χ0) is 20.8. The van der Waals surface area contributed by atoms with E-state index in [-0.39, 0.29) is 17.2 Å². The Hall–Kier alpha value is -2.28. The molecule has 3 atom stereocenters. The summed E-state index contributed by atoms with van der Waals surface area (Å²) in [5.41, 5.74) is 0.865. The number of allylic oxidation sites excluding steroid dienone is 1. The van der Waals surface area contributed by atoms with E-state index in [2.05, 4.69) is 29.0 Å². The molecule has 1 aliphatic rings. The van der Waals surface area contributed by atoms with Gasteiger partial charge in [-0.1, -0.05) is 49.7 Å². The maximum Gasteiger partial charge on any atom is 0.233 e. The number of carbonyl (C=O) groups is 1. The van der Waals surface area contributed by atoms with Crippen LogP contribution in [0.3, 0.4) is 0 Å². The molecule has 1 amide bonds. The number of amides is 1. The van der Waals surface area contributed by atoms with Gasteiger partial charge in [0.1, 0.15) is 5.75 Å². The third-order valence-corrected chi connectivity index (χ3v) is 6.55. The van der Waals surface area contributed by atoms with Crippen molar-refractivity contribution in [3.63, 3.8) is 0 Å². The van der Waals surface area contributed by atoms with Crippen molar-refractivity contribution in [2.75, 3.05) is 7.11 Å². The van der Waals surface area contributed by atoms with E-state index in [1.54, 1.807) is 13.2 Å². The number of ether oxygens (including phenoxy) is 1. The first kappa shape index (κ1) is 21.4. The van der Waals surface area contributed by atoms with Gasteiger partial charge < -0.3 is 10.1 Å². The summed E-state index contributed by atoms with van der Waals surface area (Å²) in [7, 11) is 1.64. The van der Waals surface area contributed by atoms with E-state index in [1.165, 1.54) is 31.0 Å². The minimum atomic E-state index is -0.262. The fourth-order valence-electron chi connectivity index (χ4n) is 3.74. The van der Waals surface area contributed by atoms with Gasteiger partial charge in [-0.05, 0) is 37.8 Å². The van der Waals surface area contributed by atoms with Crippen LogP contribution in [0.2, 0.25) is 0 Å². The van der Waals surface area contributed by atoms with Crippen molar-refractivity contribution in [1.82, 2.24) is 20.1 Å². The zero-order valence-electron chi connectivity index (χ0n) is 17.4. The standard InChI is InChI=1S/C22H30N4O2S/c1-5-14-26-20(17-11-7-9-13-19(17)28-4)24-25-22(26)29-16(3)21(27)23-18-12-8-6-10-15(18)2/h5,7,9,11,13,15-16,18H,1,6,8,10,12,14H2,2-4H3,(H,23,27). The van der Waals surface area contributed by atoms with Crippen molar-refractivity contribution in [2.24, 2.45) is 5.92 Å². The predicted molar refractivity (Wildman–Crippen MR) is 117 cm³/mol. The Morgan fingerprint density at radius 3 is 2.86 bits per heavy atom. The molecule has 1 aliphatic carbocycles. The fourth-order valence-corrected chi connectivity index (χ4v) is 4.61. The van der Waals surface area contributed by atoms with E-state index in [4.69, 9.17) is 4.74 Å². The molecule has 1 fully saturated rings. The van der Waals surface area contributed by atoms with Crippen LogP contribution in [0.1, 0.15) is 39.5 Å². The van der Waals surface area contributed by atoms with Crippen molar-refractivity contribution in [2.45, 2.75) is 62.5 Å². The van der Waals surface area contributed by atoms with Crippen molar-refractivity contribution in [3.8, 4) is 17.1 Å². The van der Waals surface area contributed by atoms with Gasteiger partial charge >= 0.3 is 0 Å². The number of hydrogen-bond donors (Lipinski definition) is 1. The number of nitrogens with zero attached hydrogens (tertiary/aromatic N) is 3. The van der Waals surface area contributed by atoms with Gasteiger partial charge in [-0.25, -0.2) is 0 Å². The quantitative estimate of drug-likeness (QED) is 0.515. The first-order valence-corrected chi connectivity index (χ1v) is 11.1. The lowest BCUT2D eigenvalue weighted by atomic mass is 9.86. The van der Waals surface area contributed by atoms with Crippen LogP contribution in [0.4, 0.5) is 0 Å². The van der Waals surface area contributed by atoms with E-state index < -0.39 is 0 Å². The predicted octanol–water partition coefficient (Wildman–Crippen LogP) is 4.32. The molecule has 1 N–H and O–H groups in total. The topological polar surface area (TPSA) is 69.0 Å². The summed E-state index contributed by atoms with van der Waals surface area (Å²) in [6, 6.07) is 7.99. The first-order chi connectivity index (χ1) is 14.0. The molecule has 0 saturated heterocycles. The monoisotopic (exact) mass is 414 g/mol. The van der Waals surface area contributed by atoms with Crippen molar-refractivity contribution >= 4 is 17.7 Å². The summed E-state index contributed by atoms with van der Waals surface area (Å²) in [4.78, 5) is 12.8. The summed E-state index contributed by atoms with van der Waals surface area (Å²) in [5.74, 6) is 2.03. The highest BCUT2D eigenvalue weighted by Gasteiger charge is 2.26. The van der Waals surface area contributed by atoms with Crippen molar-refractivity contribution in [1.29, 1.82) is 0 Å². The van der Waals surface area contributed by atoms with E-state index >= 15 is 0 Å². The maximum atomic E-state index is 12.8. The number of nitrogens with one attached hydrogen (secondary N) is 1. The minimum absolute atomic E-state index is 0.0562. The molecule has 7 heteroatoms. The lowest BCUT2D eigenvalue weighted by Gasteiger charge is -2.30. The molecule has 1 heterocycles. The molecule has 3 rings (SSSR count). The third-order valence-electron chi connectivity index (χ3n) is 5.47. The molecule has 1 aromatic heterocycles. The van der Waals surface area contributed by atoms with Crippen LogP contribution in [-0.2, 0) is 11.3 Å². The molecule has 1 aromatic carbocycles. The van der Waals surface area contributed by atoms with E-state index in [1.807, 2.05) is 35.8 Å². The second-order valence-corrected chi connectivity index (χ2v) is 8.85. The minimum Gasteiger partial charge on any atom is -0.496 e. The molecule has 29 heavy (non-hydrogen) atoms. The second kappa shape index (κ2) is 9.96. The average molecular weight is 415 g/mol. The highest BCUT2D eigenvalue weighted by molar-refractivity contribution is 8.00. The van der Waals surface area contributed by atoms with Crippen LogP contribution in [0, 0.1) is 5.92 Å². The average Bonchev–Trinajstić information content (AvgIpc) is 3.12. The highest BCUT2D eigenvalue weighted by Crippen LogP contribution is 2.32. The van der Waals surface area contributed by atoms with Crippen LogP contribution in [0.15, 0.2) is 42.1 Å². The number of aromatic nitrogens is 3. The highest BCUT2D eigenvalue weighted by atomic mass is 32.2. The molecular formula is C22H30N4O2S. The Kier molecular flexibility index (Phi) is 7.36. The lowest BCUT2D eigenvalue weighted by molar-refractivity contribution is -0.121. The number of methoxy groups -OCH3 is 1. The van der Waals surface area contributed by atoms with Crippen molar-refractivity contribution in [3.05, 3.63) is 36.9 Å². The molecule has 6 nitrogen and oxygen atoms in total. The second-order valence-electron chi connectivity index (χ2n) is 7.54. The molecule has 156 valence electrons. The summed E-state index contributed by atoms with van der Waals surface area (Å²) in [6.07, 6.45) is 6.50. The Balaban J connectivity index is 1.77. The van der Waals surface area contributed by atoms with E-state index in [0.29, 0.717) is 23.4 Å². The molecule has 0 bridgehead atoms. The van der Waals surface area contributed by atoms with E-state index in [0.717, 1.165) is 17.7 Å². The molecule has 3 unspecified atom stereocenters. The number of hydrogen-bond acceptors (Lipinski definition) is 5. The largest absolute Gasteiger partial charge is 0.496 e.